The Morgan fingerprint density at radius 1 is 0.846 bits per heavy atom. The van der Waals surface area contributed by atoms with Crippen LogP contribution in [0.15, 0.2) is 71.6 Å². The van der Waals surface area contributed by atoms with Gasteiger partial charge in [-0.15, -0.1) is 0 Å². The Hall–Kier alpha value is -2.47. The van der Waals surface area contributed by atoms with Gasteiger partial charge in [0, 0.05) is 12.1 Å². The number of sulfonamides is 1. The second kappa shape index (κ2) is 7.41. The number of nitrogens with one attached hydrogen (secondary N) is 1. The fourth-order valence-electron chi connectivity index (χ4n) is 3.18. The number of primary sulfonamides is 1. The van der Waals surface area contributed by atoms with Crippen LogP contribution in [0.25, 0.3) is 22.3 Å². The fourth-order valence-corrected chi connectivity index (χ4v) is 3.93. The summed E-state index contributed by atoms with van der Waals surface area (Å²) < 4.78 is 24.2. The summed E-state index contributed by atoms with van der Waals surface area (Å²) in [5.41, 5.74) is 5.73. The number of rotatable bonds is 5. The van der Waals surface area contributed by atoms with E-state index in [1.165, 1.54) is 0 Å². The molecule has 0 unspecified atom stereocenters. The van der Waals surface area contributed by atoms with E-state index < -0.39 is 10.0 Å². The highest BCUT2D eigenvalue weighted by molar-refractivity contribution is 7.89. The third-order valence-corrected chi connectivity index (χ3v) is 5.35. The summed E-state index contributed by atoms with van der Waals surface area (Å²) >= 11 is 0. The third kappa shape index (κ3) is 3.70. The largest absolute Gasteiger partial charge is 0.316 e. The molecule has 0 radical (unpaired) electrons. The highest BCUT2D eigenvalue weighted by Crippen LogP contribution is 2.37. The van der Waals surface area contributed by atoms with Crippen molar-refractivity contribution in [1.82, 2.24) is 5.32 Å². The molecule has 26 heavy (non-hydrogen) atoms. The molecule has 0 saturated heterocycles. The molecule has 0 aliphatic heterocycles. The van der Waals surface area contributed by atoms with Crippen LogP contribution in [0, 0.1) is 6.92 Å². The van der Waals surface area contributed by atoms with Crippen LogP contribution in [0.3, 0.4) is 0 Å². The average Bonchev–Trinajstić information content (AvgIpc) is 2.62. The predicted octanol–water partition coefficient (Wildman–Crippen LogP) is 3.70. The van der Waals surface area contributed by atoms with Gasteiger partial charge in [0.2, 0.25) is 10.0 Å². The van der Waals surface area contributed by atoms with E-state index in [1.54, 1.807) is 18.2 Å². The first-order chi connectivity index (χ1) is 12.4. The molecule has 3 aromatic carbocycles. The minimum absolute atomic E-state index is 0.136. The first kappa shape index (κ1) is 18.3. The molecule has 0 amide bonds. The Labute approximate surface area is 154 Å². The van der Waals surface area contributed by atoms with Crippen molar-refractivity contribution in [2.45, 2.75) is 18.4 Å². The molecule has 5 heteroatoms. The second-order valence-corrected chi connectivity index (χ2v) is 7.80. The number of nitrogens with two attached hydrogens (primary N) is 1. The number of benzene rings is 3. The summed E-state index contributed by atoms with van der Waals surface area (Å²) in [6.45, 7) is 2.74. The van der Waals surface area contributed by atoms with Crippen molar-refractivity contribution in [2.75, 3.05) is 7.05 Å². The highest BCUT2D eigenvalue weighted by Gasteiger charge is 2.18. The number of aryl methyl sites for hydroxylation is 1. The van der Waals surface area contributed by atoms with Gasteiger partial charge in [-0.25, -0.2) is 13.6 Å². The zero-order valence-electron chi connectivity index (χ0n) is 14.9. The van der Waals surface area contributed by atoms with Crippen LogP contribution in [0.1, 0.15) is 11.1 Å². The van der Waals surface area contributed by atoms with E-state index in [9.17, 15) is 8.42 Å². The Bertz CT molecular complexity index is 1040. The number of hydrogen-bond acceptors (Lipinski definition) is 3. The maximum absolute atomic E-state index is 12.1. The summed E-state index contributed by atoms with van der Waals surface area (Å²) in [7, 11) is -1.95. The van der Waals surface area contributed by atoms with E-state index in [1.807, 2.05) is 56.4 Å². The molecule has 0 spiro atoms. The minimum atomic E-state index is -3.83. The summed E-state index contributed by atoms with van der Waals surface area (Å²) in [6.07, 6.45) is 0. The smallest absolute Gasteiger partial charge is 0.238 e. The van der Waals surface area contributed by atoms with E-state index in [2.05, 4.69) is 11.4 Å². The number of hydrogen-bond donors (Lipinski definition) is 2. The summed E-state index contributed by atoms with van der Waals surface area (Å²) in [6, 6.07) is 21.1. The lowest BCUT2D eigenvalue weighted by Gasteiger charge is -2.16. The van der Waals surface area contributed by atoms with Crippen molar-refractivity contribution >= 4 is 10.0 Å². The van der Waals surface area contributed by atoms with Crippen LogP contribution in [-0.2, 0) is 16.6 Å². The standard InChI is InChI=1S/C21H22N2O2S/c1-15-7-3-4-8-17(15)18-12-11-16(14-23-2)13-20(18)19-9-5-6-10-21(19)26(22,24)25/h3-13,23H,14H2,1-2H3,(H2,22,24,25). The van der Waals surface area contributed by atoms with Crippen LogP contribution < -0.4 is 10.5 Å². The van der Waals surface area contributed by atoms with Gasteiger partial charge in [0.05, 0.1) is 4.90 Å². The molecule has 3 rings (SSSR count). The molecule has 0 atom stereocenters. The van der Waals surface area contributed by atoms with Crippen molar-refractivity contribution < 1.29 is 8.42 Å². The van der Waals surface area contributed by atoms with Crippen molar-refractivity contribution in [3.63, 3.8) is 0 Å². The van der Waals surface area contributed by atoms with E-state index in [0.29, 0.717) is 12.1 Å². The maximum Gasteiger partial charge on any atom is 0.238 e. The van der Waals surface area contributed by atoms with Crippen LogP contribution in [0.2, 0.25) is 0 Å². The molecule has 4 nitrogen and oxygen atoms in total. The van der Waals surface area contributed by atoms with E-state index in [-0.39, 0.29) is 4.90 Å². The Kier molecular flexibility index (Phi) is 5.23. The molecule has 0 aromatic heterocycles. The van der Waals surface area contributed by atoms with Crippen LogP contribution in [0.4, 0.5) is 0 Å². The van der Waals surface area contributed by atoms with E-state index in [0.717, 1.165) is 27.8 Å². The van der Waals surface area contributed by atoms with Gasteiger partial charge in [-0.1, -0.05) is 54.6 Å². The van der Waals surface area contributed by atoms with Gasteiger partial charge in [-0.05, 0) is 53.9 Å². The van der Waals surface area contributed by atoms with Gasteiger partial charge >= 0.3 is 0 Å². The van der Waals surface area contributed by atoms with Crippen LogP contribution >= 0.6 is 0 Å². The molecular weight excluding hydrogens is 344 g/mol. The van der Waals surface area contributed by atoms with Crippen LogP contribution in [-0.4, -0.2) is 15.5 Å². The molecule has 0 bridgehead atoms. The topological polar surface area (TPSA) is 72.2 Å². The van der Waals surface area contributed by atoms with Crippen LogP contribution in [0.5, 0.6) is 0 Å². The molecule has 3 aromatic rings. The molecule has 0 aliphatic carbocycles. The predicted molar refractivity (Wildman–Crippen MR) is 106 cm³/mol. The van der Waals surface area contributed by atoms with Gasteiger partial charge in [-0.3, -0.25) is 0 Å². The summed E-state index contributed by atoms with van der Waals surface area (Å²) in [4.78, 5) is 0.136. The normalized spacial score (nSPS) is 11.5. The van der Waals surface area contributed by atoms with Crippen molar-refractivity contribution in [1.29, 1.82) is 0 Å². The van der Waals surface area contributed by atoms with Gasteiger partial charge in [0.1, 0.15) is 0 Å². The van der Waals surface area contributed by atoms with E-state index >= 15 is 0 Å². The molecule has 0 fully saturated rings. The van der Waals surface area contributed by atoms with Crippen molar-refractivity contribution in [3.05, 3.63) is 77.9 Å². The lowest BCUT2D eigenvalue weighted by Crippen LogP contribution is -2.13. The van der Waals surface area contributed by atoms with E-state index in [4.69, 9.17) is 5.14 Å². The second-order valence-electron chi connectivity index (χ2n) is 6.27. The lowest BCUT2D eigenvalue weighted by atomic mass is 9.90. The fraction of sp³-hybridized carbons (Fsp3) is 0.143. The first-order valence-electron chi connectivity index (χ1n) is 8.37. The maximum atomic E-state index is 12.1. The molecule has 0 saturated carbocycles. The lowest BCUT2D eigenvalue weighted by molar-refractivity contribution is 0.598. The van der Waals surface area contributed by atoms with Gasteiger partial charge < -0.3 is 5.32 Å². The molecular formula is C21H22N2O2S. The van der Waals surface area contributed by atoms with Crippen molar-refractivity contribution in [2.24, 2.45) is 5.14 Å². The highest BCUT2D eigenvalue weighted by atomic mass is 32.2. The molecule has 134 valence electrons. The van der Waals surface area contributed by atoms with Gasteiger partial charge in [-0.2, -0.15) is 0 Å². The molecule has 0 heterocycles. The summed E-state index contributed by atoms with van der Waals surface area (Å²) in [5, 5.41) is 8.61. The Morgan fingerprint density at radius 3 is 2.15 bits per heavy atom. The van der Waals surface area contributed by atoms with Crippen molar-refractivity contribution in [3.8, 4) is 22.3 Å². The Balaban J connectivity index is 2.33. The average molecular weight is 366 g/mol. The Morgan fingerprint density at radius 2 is 1.50 bits per heavy atom. The molecule has 0 aliphatic rings. The molecule has 3 N–H and O–H groups in total. The zero-order chi connectivity index (χ0) is 18.7. The monoisotopic (exact) mass is 366 g/mol. The SMILES string of the molecule is CNCc1ccc(-c2ccccc2C)c(-c2ccccc2S(N)(=O)=O)c1. The summed E-state index contributed by atoms with van der Waals surface area (Å²) in [5.74, 6) is 0. The quantitative estimate of drug-likeness (QED) is 0.723. The van der Waals surface area contributed by atoms with Gasteiger partial charge in [0.15, 0.2) is 0 Å². The third-order valence-electron chi connectivity index (χ3n) is 4.38. The zero-order valence-corrected chi connectivity index (χ0v) is 15.7. The first-order valence-corrected chi connectivity index (χ1v) is 9.92. The van der Waals surface area contributed by atoms with Gasteiger partial charge in [0.25, 0.3) is 0 Å². The minimum Gasteiger partial charge on any atom is -0.316 e.